The molecule has 0 radical (unpaired) electrons. The Hall–Kier alpha value is -1.33. The van der Waals surface area contributed by atoms with Gasteiger partial charge in [0.25, 0.3) is 5.91 Å². The van der Waals surface area contributed by atoms with E-state index in [2.05, 4.69) is 0 Å². The van der Waals surface area contributed by atoms with Gasteiger partial charge in [-0.25, -0.2) is 0 Å². The molecule has 2 nitrogen and oxygen atoms in total. The Morgan fingerprint density at radius 2 is 1.88 bits per heavy atom. The fourth-order valence-electron chi connectivity index (χ4n) is 2.33. The number of nitrogens with zero attached hydrogens (tertiary/aromatic N) is 1. The van der Waals surface area contributed by atoms with Crippen molar-refractivity contribution in [2.45, 2.75) is 13.8 Å². The average molecular weight is 394 g/mol. The molecule has 3 rings (SSSR count). The van der Waals surface area contributed by atoms with Crippen molar-refractivity contribution in [2.24, 2.45) is 0 Å². The second-order valence-corrected chi connectivity index (χ2v) is 7.89. The van der Waals surface area contributed by atoms with Crippen LogP contribution in [0.1, 0.15) is 16.7 Å². The third-order valence-corrected chi connectivity index (χ3v) is 5.95. The summed E-state index contributed by atoms with van der Waals surface area (Å²) in [5, 5.41) is 0.880. The molecular weight excluding hydrogens is 381 g/mol. The summed E-state index contributed by atoms with van der Waals surface area (Å²) in [6.45, 7) is 4.04. The number of aryl methyl sites for hydroxylation is 2. The van der Waals surface area contributed by atoms with Crippen LogP contribution in [-0.2, 0) is 4.79 Å². The Labute approximate surface area is 160 Å². The molecule has 0 aromatic heterocycles. The molecule has 0 saturated carbocycles. The van der Waals surface area contributed by atoms with E-state index < -0.39 is 0 Å². The number of amides is 1. The molecule has 24 heavy (non-hydrogen) atoms. The molecule has 6 heteroatoms. The zero-order valence-corrected chi connectivity index (χ0v) is 16.1. The fourth-order valence-corrected chi connectivity index (χ4v) is 3.98. The van der Waals surface area contributed by atoms with E-state index >= 15 is 0 Å². The second kappa shape index (κ2) is 6.89. The van der Waals surface area contributed by atoms with Crippen LogP contribution in [-0.4, -0.2) is 10.2 Å². The topological polar surface area (TPSA) is 20.3 Å². The van der Waals surface area contributed by atoms with Crippen LogP contribution in [0.4, 0.5) is 5.69 Å². The van der Waals surface area contributed by atoms with Gasteiger partial charge in [-0.15, -0.1) is 0 Å². The van der Waals surface area contributed by atoms with E-state index in [4.69, 9.17) is 35.4 Å². The predicted octanol–water partition coefficient (Wildman–Crippen LogP) is 6.02. The highest BCUT2D eigenvalue weighted by Gasteiger charge is 2.33. The Morgan fingerprint density at radius 1 is 1.12 bits per heavy atom. The molecule has 1 fully saturated rings. The molecule has 1 aliphatic heterocycles. The zero-order chi connectivity index (χ0) is 17.4. The lowest BCUT2D eigenvalue weighted by Crippen LogP contribution is -2.27. The molecule has 2 aromatic carbocycles. The minimum absolute atomic E-state index is 0.149. The van der Waals surface area contributed by atoms with E-state index in [1.807, 2.05) is 38.1 Å². The zero-order valence-electron chi connectivity index (χ0n) is 13.0. The molecule has 122 valence electrons. The summed E-state index contributed by atoms with van der Waals surface area (Å²) in [6, 6.07) is 11.2. The van der Waals surface area contributed by atoms with Crippen molar-refractivity contribution in [3.8, 4) is 0 Å². The summed E-state index contributed by atoms with van der Waals surface area (Å²) in [4.78, 5) is 14.9. The lowest BCUT2D eigenvalue weighted by molar-refractivity contribution is -0.113. The van der Waals surface area contributed by atoms with Crippen LogP contribution in [0.2, 0.25) is 10.0 Å². The number of benzene rings is 2. The van der Waals surface area contributed by atoms with E-state index in [0.717, 1.165) is 11.3 Å². The van der Waals surface area contributed by atoms with Crippen LogP contribution in [0, 0.1) is 13.8 Å². The van der Waals surface area contributed by atoms with Crippen LogP contribution in [0.15, 0.2) is 41.3 Å². The predicted molar refractivity (Wildman–Crippen MR) is 108 cm³/mol. The van der Waals surface area contributed by atoms with Gasteiger partial charge in [0.05, 0.1) is 20.6 Å². The number of hydrogen-bond acceptors (Lipinski definition) is 3. The Kier molecular flexibility index (Phi) is 5.02. The number of rotatable bonds is 2. The van der Waals surface area contributed by atoms with Gasteiger partial charge in [-0.3, -0.25) is 9.69 Å². The normalized spacial score (nSPS) is 16.3. The number of anilines is 1. The van der Waals surface area contributed by atoms with Gasteiger partial charge < -0.3 is 0 Å². The smallest absolute Gasteiger partial charge is 0.268 e. The number of halogens is 2. The van der Waals surface area contributed by atoms with Crippen molar-refractivity contribution < 1.29 is 4.79 Å². The van der Waals surface area contributed by atoms with Gasteiger partial charge in [0.1, 0.15) is 0 Å². The quantitative estimate of drug-likeness (QED) is 0.459. The number of carbonyl (C=O) groups excluding carboxylic acids is 1. The monoisotopic (exact) mass is 393 g/mol. The highest BCUT2D eigenvalue weighted by atomic mass is 35.5. The van der Waals surface area contributed by atoms with E-state index in [9.17, 15) is 4.79 Å². The van der Waals surface area contributed by atoms with Crippen LogP contribution >= 0.6 is 47.2 Å². The molecule has 0 aliphatic carbocycles. The van der Waals surface area contributed by atoms with Gasteiger partial charge in [0, 0.05) is 0 Å². The van der Waals surface area contributed by atoms with Crippen molar-refractivity contribution in [3.63, 3.8) is 0 Å². The standard InChI is InChI=1S/C18H13Cl2NOS2/c1-10-6-7-13(8-11(10)2)21-17(22)15(24-18(21)23)9-12-4-3-5-14(19)16(12)20/h3-9H,1-2H3/b15-9-. The van der Waals surface area contributed by atoms with E-state index in [0.29, 0.717) is 24.8 Å². The third kappa shape index (κ3) is 3.24. The Morgan fingerprint density at radius 3 is 2.58 bits per heavy atom. The van der Waals surface area contributed by atoms with Gasteiger partial charge in [0.15, 0.2) is 4.32 Å². The van der Waals surface area contributed by atoms with Gasteiger partial charge in [-0.05, 0) is 54.8 Å². The first-order chi connectivity index (χ1) is 11.4. The summed E-state index contributed by atoms with van der Waals surface area (Å²) in [7, 11) is 0. The summed E-state index contributed by atoms with van der Waals surface area (Å²) < 4.78 is 0.507. The molecule has 1 heterocycles. The number of carbonyl (C=O) groups is 1. The van der Waals surface area contributed by atoms with E-state index in [1.54, 1.807) is 23.1 Å². The first-order valence-corrected chi connectivity index (χ1v) is 9.16. The maximum atomic E-state index is 12.8. The third-order valence-electron chi connectivity index (χ3n) is 3.81. The minimum Gasteiger partial charge on any atom is -0.268 e. The van der Waals surface area contributed by atoms with Crippen molar-refractivity contribution >= 4 is 69.2 Å². The molecule has 0 unspecified atom stereocenters. The first kappa shape index (κ1) is 17.5. The molecule has 1 amide bonds. The molecule has 0 N–H and O–H groups in total. The molecule has 2 aromatic rings. The summed E-state index contributed by atoms with van der Waals surface area (Å²) in [6.07, 6.45) is 1.73. The lowest BCUT2D eigenvalue weighted by atomic mass is 10.1. The van der Waals surface area contributed by atoms with E-state index in [1.165, 1.54) is 17.3 Å². The van der Waals surface area contributed by atoms with Gasteiger partial charge in [-0.1, -0.05) is 65.4 Å². The average Bonchev–Trinajstić information content (AvgIpc) is 2.81. The van der Waals surface area contributed by atoms with Crippen molar-refractivity contribution in [3.05, 3.63) is 68.0 Å². The Bertz CT molecular complexity index is 893. The summed E-state index contributed by atoms with van der Waals surface area (Å²) in [5.74, 6) is -0.149. The van der Waals surface area contributed by atoms with Crippen molar-refractivity contribution in [1.29, 1.82) is 0 Å². The summed E-state index contributed by atoms with van der Waals surface area (Å²) in [5.41, 5.74) is 3.76. The Balaban J connectivity index is 1.98. The molecule has 0 atom stereocenters. The van der Waals surface area contributed by atoms with E-state index in [-0.39, 0.29) is 5.91 Å². The highest BCUT2D eigenvalue weighted by Crippen LogP contribution is 2.38. The van der Waals surface area contributed by atoms with Crippen LogP contribution in [0.25, 0.3) is 6.08 Å². The van der Waals surface area contributed by atoms with Crippen LogP contribution in [0.5, 0.6) is 0 Å². The lowest BCUT2D eigenvalue weighted by Gasteiger charge is -2.15. The summed E-state index contributed by atoms with van der Waals surface area (Å²) >= 11 is 18.9. The van der Waals surface area contributed by atoms with Crippen molar-refractivity contribution in [2.75, 3.05) is 4.90 Å². The van der Waals surface area contributed by atoms with Gasteiger partial charge in [0.2, 0.25) is 0 Å². The van der Waals surface area contributed by atoms with Crippen molar-refractivity contribution in [1.82, 2.24) is 0 Å². The maximum absolute atomic E-state index is 12.8. The van der Waals surface area contributed by atoms with Crippen LogP contribution < -0.4 is 4.90 Å². The van der Waals surface area contributed by atoms with Gasteiger partial charge >= 0.3 is 0 Å². The SMILES string of the molecule is Cc1ccc(N2C(=O)/C(=C/c3cccc(Cl)c3Cl)SC2=S)cc1C. The highest BCUT2D eigenvalue weighted by molar-refractivity contribution is 8.27. The number of thiocarbonyl (C=S) groups is 1. The number of thioether (sulfide) groups is 1. The number of hydrogen-bond donors (Lipinski definition) is 0. The minimum atomic E-state index is -0.149. The first-order valence-electron chi connectivity index (χ1n) is 7.17. The molecular formula is C18H13Cl2NOS2. The molecule has 1 saturated heterocycles. The van der Waals surface area contributed by atoms with Crippen LogP contribution in [0.3, 0.4) is 0 Å². The second-order valence-electron chi connectivity index (χ2n) is 5.43. The largest absolute Gasteiger partial charge is 0.270 e. The molecule has 1 aliphatic rings. The maximum Gasteiger partial charge on any atom is 0.270 e. The molecule has 0 spiro atoms. The fraction of sp³-hybridized carbons (Fsp3) is 0.111. The molecule has 0 bridgehead atoms. The van der Waals surface area contributed by atoms with Gasteiger partial charge in [-0.2, -0.15) is 0 Å².